The van der Waals surface area contributed by atoms with Gasteiger partial charge in [0.1, 0.15) is 11.5 Å². The van der Waals surface area contributed by atoms with E-state index in [1.807, 2.05) is 0 Å². The minimum Gasteiger partial charge on any atom is -0.493 e. The van der Waals surface area contributed by atoms with Crippen LogP contribution in [0.3, 0.4) is 0 Å². The molecular formula is C13H13FN2O2. The molecule has 4 nitrogen and oxygen atoms in total. The molecule has 1 aromatic heterocycles. The Morgan fingerprint density at radius 2 is 2.28 bits per heavy atom. The summed E-state index contributed by atoms with van der Waals surface area (Å²) in [5.41, 5.74) is 1.02. The number of carbonyl (C=O) groups excluding carboxylic acids is 1. The van der Waals surface area contributed by atoms with Crippen molar-refractivity contribution in [2.75, 3.05) is 7.11 Å². The number of aryl methyl sites for hydroxylation is 1. The highest BCUT2D eigenvalue weighted by molar-refractivity contribution is 5.98. The first-order valence-corrected chi connectivity index (χ1v) is 5.45. The topological polar surface area (TPSA) is 44.1 Å². The van der Waals surface area contributed by atoms with Crippen LogP contribution in [0.15, 0.2) is 30.5 Å². The summed E-state index contributed by atoms with van der Waals surface area (Å²) in [7, 11) is 3.15. The predicted octanol–water partition coefficient (Wildman–Crippen LogP) is 1.99. The number of ketones is 1. The molecular weight excluding hydrogens is 235 g/mol. The number of aromatic nitrogens is 2. The van der Waals surface area contributed by atoms with Gasteiger partial charge < -0.3 is 4.74 Å². The standard InChI is InChI=1S/C13H13FN2O2/c1-16-13(12(18-2)8-15-16)11(17)7-9-4-3-5-10(14)6-9/h3-6,8H,7H2,1-2H3. The molecule has 2 aromatic rings. The summed E-state index contributed by atoms with van der Waals surface area (Å²) in [4.78, 5) is 12.1. The van der Waals surface area contributed by atoms with Gasteiger partial charge in [-0.2, -0.15) is 5.10 Å². The van der Waals surface area contributed by atoms with Crippen molar-refractivity contribution < 1.29 is 13.9 Å². The van der Waals surface area contributed by atoms with Crippen LogP contribution in [0.2, 0.25) is 0 Å². The van der Waals surface area contributed by atoms with Crippen molar-refractivity contribution in [1.29, 1.82) is 0 Å². The number of benzene rings is 1. The van der Waals surface area contributed by atoms with Crippen molar-refractivity contribution in [2.45, 2.75) is 6.42 Å². The smallest absolute Gasteiger partial charge is 0.189 e. The fraction of sp³-hybridized carbons (Fsp3) is 0.231. The number of methoxy groups -OCH3 is 1. The second kappa shape index (κ2) is 5.00. The first-order chi connectivity index (χ1) is 8.61. The number of carbonyl (C=O) groups is 1. The van der Waals surface area contributed by atoms with E-state index in [0.29, 0.717) is 17.0 Å². The van der Waals surface area contributed by atoms with E-state index in [0.717, 1.165) is 0 Å². The van der Waals surface area contributed by atoms with Crippen molar-refractivity contribution in [3.63, 3.8) is 0 Å². The molecule has 5 heteroatoms. The predicted molar refractivity (Wildman–Crippen MR) is 64.2 cm³/mol. The van der Waals surface area contributed by atoms with Crippen LogP contribution in [0.25, 0.3) is 0 Å². The maximum absolute atomic E-state index is 13.0. The van der Waals surface area contributed by atoms with E-state index in [1.165, 1.54) is 30.1 Å². The van der Waals surface area contributed by atoms with Crippen LogP contribution in [0.4, 0.5) is 4.39 Å². The van der Waals surface area contributed by atoms with E-state index in [9.17, 15) is 9.18 Å². The van der Waals surface area contributed by atoms with Crippen LogP contribution >= 0.6 is 0 Å². The lowest BCUT2D eigenvalue weighted by molar-refractivity contribution is 0.0981. The minimum absolute atomic E-state index is 0.119. The van der Waals surface area contributed by atoms with Gasteiger partial charge >= 0.3 is 0 Å². The molecule has 0 atom stereocenters. The number of nitrogens with zero attached hydrogens (tertiary/aromatic N) is 2. The Balaban J connectivity index is 2.24. The molecule has 0 N–H and O–H groups in total. The normalized spacial score (nSPS) is 10.4. The molecule has 0 aliphatic carbocycles. The zero-order valence-corrected chi connectivity index (χ0v) is 10.2. The van der Waals surface area contributed by atoms with Gasteiger partial charge in [0.2, 0.25) is 0 Å². The largest absolute Gasteiger partial charge is 0.493 e. The van der Waals surface area contributed by atoms with Crippen molar-refractivity contribution in [2.24, 2.45) is 7.05 Å². The van der Waals surface area contributed by atoms with Crippen LogP contribution in [-0.4, -0.2) is 22.7 Å². The Morgan fingerprint density at radius 1 is 1.50 bits per heavy atom. The molecule has 0 saturated heterocycles. The molecule has 0 bridgehead atoms. The first kappa shape index (κ1) is 12.3. The highest BCUT2D eigenvalue weighted by Gasteiger charge is 2.17. The van der Waals surface area contributed by atoms with E-state index in [4.69, 9.17) is 4.74 Å². The van der Waals surface area contributed by atoms with E-state index >= 15 is 0 Å². The monoisotopic (exact) mass is 248 g/mol. The third-order valence-electron chi connectivity index (χ3n) is 2.64. The zero-order valence-electron chi connectivity index (χ0n) is 10.2. The lowest BCUT2D eigenvalue weighted by Gasteiger charge is -2.04. The van der Waals surface area contributed by atoms with Gasteiger partial charge in [-0.05, 0) is 17.7 Å². The molecule has 94 valence electrons. The highest BCUT2D eigenvalue weighted by atomic mass is 19.1. The van der Waals surface area contributed by atoms with Gasteiger partial charge in [-0.3, -0.25) is 9.48 Å². The number of hydrogen-bond acceptors (Lipinski definition) is 3. The third-order valence-corrected chi connectivity index (χ3v) is 2.64. The van der Waals surface area contributed by atoms with E-state index in [2.05, 4.69) is 5.10 Å². The number of halogens is 1. The minimum atomic E-state index is -0.350. The molecule has 0 unspecified atom stereocenters. The lowest BCUT2D eigenvalue weighted by Crippen LogP contribution is -2.11. The Morgan fingerprint density at radius 3 is 2.94 bits per heavy atom. The summed E-state index contributed by atoms with van der Waals surface area (Å²) in [5.74, 6) is -0.0753. The Bertz CT molecular complexity index is 578. The highest BCUT2D eigenvalue weighted by Crippen LogP contribution is 2.19. The van der Waals surface area contributed by atoms with Crippen LogP contribution in [-0.2, 0) is 13.5 Å². The van der Waals surface area contributed by atoms with E-state index in [1.54, 1.807) is 19.2 Å². The Labute approximate surface area is 104 Å². The quantitative estimate of drug-likeness (QED) is 0.777. The van der Waals surface area contributed by atoms with Crippen molar-refractivity contribution in [3.05, 3.63) is 47.5 Å². The van der Waals surface area contributed by atoms with Crippen LogP contribution in [0.1, 0.15) is 16.1 Å². The van der Waals surface area contributed by atoms with E-state index in [-0.39, 0.29) is 18.0 Å². The number of rotatable bonds is 4. The molecule has 1 heterocycles. The number of hydrogen-bond donors (Lipinski definition) is 0. The lowest BCUT2D eigenvalue weighted by atomic mass is 10.1. The molecule has 0 aliphatic heterocycles. The van der Waals surface area contributed by atoms with Crippen LogP contribution in [0, 0.1) is 5.82 Å². The molecule has 0 spiro atoms. The van der Waals surface area contributed by atoms with Crippen molar-refractivity contribution >= 4 is 5.78 Å². The zero-order chi connectivity index (χ0) is 13.1. The molecule has 2 rings (SSSR count). The molecule has 0 radical (unpaired) electrons. The summed E-state index contributed by atoms with van der Waals surface area (Å²) < 4.78 is 19.6. The Kier molecular flexibility index (Phi) is 3.41. The van der Waals surface area contributed by atoms with Gasteiger partial charge in [0.25, 0.3) is 0 Å². The van der Waals surface area contributed by atoms with Crippen molar-refractivity contribution in [1.82, 2.24) is 9.78 Å². The van der Waals surface area contributed by atoms with Crippen LogP contribution in [0.5, 0.6) is 5.75 Å². The van der Waals surface area contributed by atoms with Gasteiger partial charge in [0.15, 0.2) is 11.5 Å². The fourth-order valence-electron chi connectivity index (χ4n) is 1.80. The molecule has 0 amide bonds. The Hall–Kier alpha value is -2.17. The second-order valence-electron chi connectivity index (χ2n) is 3.92. The average molecular weight is 248 g/mol. The van der Waals surface area contributed by atoms with Gasteiger partial charge in [-0.15, -0.1) is 0 Å². The first-order valence-electron chi connectivity index (χ1n) is 5.45. The van der Waals surface area contributed by atoms with E-state index < -0.39 is 0 Å². The van der Waals surface area contributed by atoms with Gasteiger partial charge in [-0.1, -0.05) is 12.1 Å². The van der Waals surface area contributed by atoms with Crippen molar-refractivity contribution in [3.8, 4) is 5.75 Å². The number of Topliss-reactive ketones (excluding diaryl/α,β-unsaturated/α-hetero) is 1. The fourth-order valence-corrected chi connectivity index (χ4v) is 1.80. The summed E-state index contributed by atoms with van der Waals surface area (Å²) in [6.07, 6.45) is 1.60. The molecule has 1 aromatic carbocycles. The molecule has 0 saturated carbocycles. The summed E-state index contributed by atoms with van der Waals surface area (Å²) in [6.45, 7) is 0. The third kappa shape index (κ3) is 2.40. The molecule has 0 aliphatic rings. The summed E-state index contributed by atoms with van der Waals surface area (Å²) in [6, 6.07) is 5.99. The average Bonchev–Trinajstić information content (AvgIpc) is 2.70. The SMILES string of the molecule is COc1cnn(C)c1C(=O)Cc1cccc(F)c1. The molecule has 0 fully saturated rings. The maximum Gasteiger partial charge on any atom is 0.189 e. The number of ether oxygens (including phenoxy) is 1. The van der Waals surface area contributed by atoms with Crippen LogP contribution < -0.4 is 4.74 Å². The second-order valence-corrected chi connectivity index (χ2v) is 3.92. The van der Waals surface area contributed by atoms with Gasteiger partial charge in [0, 0.05) is 13.5 Å². The summed E-state index contributed by atoms with van der Waals surface area (Å²) >= 11 is 0. The maximum atomic E-state index is 13.0. The van der Waals surface area contributed by atoms with Gasteiger partial charge in [0.05, 0.1) is 13.3 Å². The molecule has 18 heavy (non-hydrogen) atoms. The summed E-state index contributed by atoms with van der Waals surface area (Å²) in [5, 5.41) is 3.96. The van der Waals surface area contributed by atoms with Gasteiger partial charge in [-0.25, -0.2) is 4.39 Å².